The maximum Gasteiger partial charge on any atom is 0.163 e. The van der Waals surface area contributed by atoms with E-state index in [1.165, 1.54) is 0 Å². The van der Waals surface area contributed by atoms with Crippen molar-refractivity contribution in [3.05, 3.63) is 57.6 Å². The van der Waals surface area contributed by atoms with Crippen molar-refractivity contribution in [3.63, 3.8) is 0 Å². The second-order valence-electron chi connectivity index (χ2n) is 6.61. The zero-order chi connectivity index (χ0) is 19.8. The predicted octanol–water partition coefficient (Wildman–Crippen LogP) is 4.00. The molecule has 152 valence electrons. The van der Waals surface area contributed by atoms with Gasteiger partial charge in [0.1, 0.15) is 6.61 Å². The number of halogens is 2. The summed E-state index contributed by atoms with van der Waals surface area (Å²) in [5.41, 5.74) is 1.89. The molecule has 5 nitrogen and oxygen atoms in total. The third-order valence-electron chi connectivity index (χ3n) is 4.70. The van der Waals surface area contributed by atoms with Crippen LogP contribution in [0.25, 0.3) is 0 Å². The highest BCUT2D eigenvalue weighted by Gasteiger charge is 2.13. The minimum Gasteiger partial charge on any atom is -0.493 e. The highest BCUT2D eigenvalue weighted by molar-refractivity contribution is 6.31. The van der Waals surface area contributed by atoms with Crippen molar-refractivity contribution in [2.75, 3.05) is 46.5 Å². The number of hydrogen-bond acceptors (Lipinski definition) is 5. The van der Waals surface area contributed by atoms with Gasteiger partial charge in [-0.05, 0) is 17.7 Å². The Morgan fingerprint density at radius 1 is 1.04 bits per heavy atom. The van der Waals surface area contributed by atoms with Gasteiger partial charge >= 0.3 is 0 Å². The molecule has 0 aromatic heterocycles. The minimum atomic E-state index is 0.351. The Balaban J connectivity index is 1.55. The van der Waals surface area contributed by atoms with Gasteiger partial charge in [0, 0.05) is 54.4 Å². The molecule has 0 saturated carbocycles. The minimum absolute atomic E-state index is 0.351. The number of ether oxygens (including phenoxy) is 3. The van der Waals surface area contributed by atoms with Gasteiger partial charge in [-0.1, -0.05) is 41.4 Å². The van der Waals surface area contributed by atoms with Gasteiger partial charge < -0.3 is 19.5 Å². The summed E-state index contributed by atoms with van der Waals surface area (Å²) in [5.74, 6) is 1.26. The number of rotatable bonds is 9. The lowest BCUT2D eigenvalue weighted by atomic mass is 10.2. The molecule has 1 fully saturated rings. The first-order valence-electron chi connectivity index (χ1n) is 9.41. The highest BCUT2D eigenvalue weighted by atomic mass is 35.5. The van der Waals surface area contributed by atoms with Crippen molar-refractivity contribution in [1.29, 1.82) is 0 Å². The van der Waals surface area contributed by atoms with Gasteiger partial charge in [-0.15, -0.1) is 0 Å². The van der Waals surface area contributed by atoms with Crippen LogP contribution >= 0.6 is 23.2 Å². The number of morpholine rings is 1. The molecular formula is C21H26Cl2N2O3. The maximum atomic E-state index is 6.47. The van der Waals surface area contributed by atoms with Crippen molar-refractivity contribution in [2.24, 2.45) is 0 Å². The second-order valence-corrected chi connectivity index (χ2v) is 7.42. The number of hydrogen-bond donors (Lipinski definition) is 1. The van der Waals surface area contributed by atoms with Gasteiger partial charge in [-0.2, -0.15) is 0 Å². The van der Waals surface area contributed by atoms with E-state index in [0.717, 1.165) is 50.5 Å². The molecule has 7 heteroatoms. The molecule has 2 aromatic rings. The van der Waals surface area contributed by atoms with E-state index >= 15 is 0 Å². The van der Waals surface area contributed by atoms with E-state index in [1.807, 2.05) is 30.3 Å². The standard InChI is InChI=1S/C21H26Cl2N2O3/c1-26-20-12-17(14-24-6-7-25-8-10-27-11-9-25)19(23)13-21(20)28-15-16-4-2-3-5-18(16)22/h2-5,12-13,24H,6-11,14-15H2,1H3. The number of methoxy groups -OCH3 is 1. The van der Waals surface area contributed by atoms with Crippen molar-refractivity contribution < 1.29 is 14.2 Å². The molecule has 0 radical (unpaired) electrons. The van der Waals surface area contributed by atoms with Crippen LogP contribution in [0.1, 0.15) is 11.1 Å². The Morgan fingerprint density at radius 2 is 1.82 bits per heavy atom. The Hall–Kier alpha value is -1.50. The average molecular weight is 425 g/mol. The molecule has 0 atom stereocenters. The summed E-state index contributed by atoms with van der Waals surface area (Å²) >= 11 is 12.7. The molecule has 1 aliphatic heterocycles. The lowest BCUT2D eigenvalue weighted by Crippen LogP contribution is -2.40. The van der Waals surface area contributed by atoms with Crippen LogP contribution in [0.15, 0.2) is 36.4 Å². The van der Waals surface area contributed by atoms with Crippen LogP contribution in [0.5, 0.6) is 11.5 Å². The van der Waals surface area contributed by atoms with Crippen LogP contribution in [0.2, 0.25) is 10.0 Å². The van der Waals surface area contributed by atoms with Crippen LogP contribution in [-0.2, 0) is 17.9 Å². The third-order valence-corrected chi connectivity index (χ3v) is 5.42. The fourth-order valence-electron chi connectivity index (χ4n) is 3.04. The van der Waals surface area contributed by atoms with Crippen LogP contribution in [0.4, 0.5) is 0 Å². The summed E-state index contributed by atoms with van der Waals surface area (Å²) in [7, 11) is 1.63. The normalized spacial score (nSPS) is 14.8. The summed E-state index contributed by atoms with van der Waals surface area (Å²) in [6.45, 7) is 6.53. The quantitative estimate of drug-likeness (QED) is 0.616. The fraction of sp³-hybridized carbons (Fsp3) is 0.429. The van der Waals surface area contributed by atoms with Gasteiger partial charge in [0.15, 0.2) is 11.5 Å². The van der Waals surface area contributed by atoms with E-state index in [0.29, 0.717) is 34.7 Å². The zero-order valence-electron chi connectivity index (χ0n) is 16.0. The van der Waals surface area contributed by atoms with Gasteiger partial charge in [0.2, 0.25) is 0 Å². The molecule has 0 spiro atoms. The molecule has 1 N–H and O–H groups in total. The molecule has 1 heterocycles. The zero-order valence-corrected chi connectivity index (χ0v) is 17.6. The van der Waals surface area contributed by atoms with Crippen LogP contribution in [-0.4, -0.2) is 51.4 Å². The Kier molecular flexibility index (Phi) is 8.25. The maximum absolute atomic E-state index is 6.47. The summed E-state index contributed by atoms with van der Waals surface area (Å²) in [4.78, 5) is 2.39. The van der Waals surface area contributed by atoms with E-state index in [1.54, 1.807) is 13.2 Å². The van der Waals surface area contributed by atoms with Crippen LogP contribution in [0, 0.1) is 0 Å². The van der Waals surface area contributed by atoms with Gasteiger partial charge in [0.05, 0.1) is 20.3 Å². The largest absolute Gasteiger partial charge is 0.493 e. The molecule has 0 aliphatic carbocycles. The molecule has 0 amide bonds. The highest BCUT2D eigenvalue weighted by Crippen LogP contribution is 2.34. The molecule has 2 aromatic carbocycles. The smallest absolute Gasteiger partial charge is 0.163 e. The topological polar surface area (TPSA) is 43.0 Å². The monoisotopic (exact) mass is 424 g/mol. The van der Waals surface area contributed by atoms with E-state index in [-0.39, 0.29) is 0 Å². The van der Waals surface area contributed by atoms with Crippen molar-refractivity contribution in [1.82, 2.24) is 10.2 Å². The lowest BCUT2D eigenvalue weighted by molar-refractivity contribution is 0.0384. The second kappa shape index (κ2) is 10.9. The van der Waals surface area contributed by atoms with Gasteiger partial charge in [-0.25, -0.2) is 0 Å². The molecular weight excluding hydrogens is 399 g/mol. The van der Waals surface area contributed by atoms with E-state index in [2.05, 4.69) is 10.2 Å². The van der Waals surface area contributed by atoms with Crippen molar-refractivity contribution in [3.8, 4) is 11.5 Å². The fourth-order valence-corrected chi connectivity index (χ4v) is 3.45. The Labute approximate surface area is 176 Å². The first-order valence-corrected chi connectivity index (χ1v) is 10.2. The van der Waals surface area contributed by atoms with Crippen LogP contribution < -0.4 is 14.8 Å². The van der Waals surface area contributed by atoms with Crippen LogP contribution in [0.3, 0.4) is 0 Å². The van der Waals surface area contributed by atoms with Gasteiger partial charge in [0.25, 0.3) is 0 Å². The van der Waals surface area contributed by atoms with E-state index in [9.17, 15) is 0 Å². The van der Waals surface area contributed by atoms with E-state index in [4.69, 9.17) is 37.4 Å². The number of nitrogens with zero attached hydrogens (tertiary/aromatic N) is 1. The first-order chi connectivity index (χ1) is 13.7. The molecule has 28 heavy (non-hydrogen) atoms. The predicted molar refractivity (Wildman–Crippen MR) is 113 cm³/mol. The number of nitrogens with one attached hydrogen (secondary N) is 1. The van der Waals surface area contributed by atoms with Crippen molar-refractivity contribution in [2.45, 2.75) is 13.2 Å². The summed E-state index contributed by atoms with van der Waals surface area (Å²) in [5, 5.41) is 4.77. The average Bonchev–Trinajstić information content (AvgIpc) is 2.72. The van der Waals surface area contributed by atoms with Crippen molar-refractivity contribution >= 4 is 23.2 Å². The Morgan fingerprint density at radius 3 is 2.57 bits per heavy atom. The SMILES string of the molecule is COc1cc(CNCCN2CCOCC2)c(Cl)cc1OCc1ccccc1Cl. The first kappa shape index (κ1) is 21.2. The Bertz CT molecular complexity index is 767. The summed E-state index contributed by atoms with van der Waals surface area (Å²) in [6.07, 6.45) is 0. The lowest BCUT2D eigenvalue weighted by Gasteiger charge is -2.26. The molecule has 0 unspecified atom stereocenters. The molecule has 0 bridgehead atoms. The number of benzene rings is 2. The molecule has 1 aliphatic rings. The summed E-state index contributed by atoms with van der Waals surface area (Å²) in [6, 6.07) is 11.3. The van der Waals surface area contributed by atoms with Gasteiger partial charge in [-0.3, -0.25) is 4.90 Å². The third kappa shape index (κ3) is 6.00. The molecule has 1 saturated heterocycles. The molecule has 3 rings (SSSR count). The summed E-state index contributed by atoms with van der Waals surface area (Å²) < 4.78 is 16.8. The van der Waals surface area contributed by atoms with E-state index < -0.39 is 0 Å².